The molecular formula is C30H36N2O6. The van der Waals surface area contributed by atoms with Crippen molar-refractivity contribution < 1.29 is 29.3 Å². The number of nitrogens with zero attached hydrogens (tertiary/aromatic N) is 1. The molecule has 8 nitrogen and oxygen atoms in total. The Morgan fingerprint density at radius 1 is 1.13 bits per heavy atom. The Hall–Kier alpha value is -3.36. The third-order valence-corrected chi connectivity index (χ3v) is 8.00. The molecule has 0 radical (unpaired) electrons. The van der Waals surface area contributed by atoms with Crippen LogP contribution in [0, 0.1) is 5.92 Å². The summed E-state index contributed by atoms with van der Waals surface area (Å²) in [6, 6.07) is 14.5. The first-order chi connectivity index (χ1) is 18.5. The number of hydrogen-bond acceptors (Lipinski definition) is 6. The maximum Gasteiger partial charge on any atom is 0.247 e. The highest BCUT2D eigenvalue weighted by Gasteiger charge is 2.50. The molecule has 3 aliphatic rings. The number of fused-ring (bicyclic) bond motifs is 3. The van der Waals surface area contributed by atoms with Gasteiger partial charge in [-0.15, -0.1) is 0 Å². The van der Waals surface area contributed by atoms with Crippen LogP contribution in [0.2, 0.25) is 0 Å². The average molecular weight is 521 g/mol. The van der Waals surface area contributed by atoms with Gasteiger partial charge in [0.15, 0.2) is 0 Å². The summed E-state index contributed by atoms with van der Waals surface area (Å²) in [4.78, 5) is 28.9. The predicted octanol–water partition coefficient (Wildman–Crippen LogP) is 2.58. The van der Waals surface area contributed by atoms with Crippen LogP contribution in [0.5, 0.6) is 11.5 Å². The van der Waals surface area contributed by atoms with Gasteiger partial charge in [0.05, 0.1) is 25.7 Å². The van der Waals surface area contributed by atoms with Crippen molar-refractivity contribution >= 4 is 11.8 Å². The molecule has 202 valence electrons. The Bertz CT molecular complexity index is 1190. The third-order valence-electron chi connectivity index (χ3n) is 8.00. The second kappa shape index (κ2) is 11.6. The summed E-state index contributed by atoms with van der Waals surface area (Å²) in [5.74, 6) is 0.511. The number of nitrogens with one attached hydrogen (secondary N) is 1. The van der Waals surface area contributed by atoms with Crippen LogP contribution in [-0.4, -0.2) is 72.0 Å². The van der Waals surface area contributed by atoms with Gasteiger partial charge >= 0.3 is 0 Å². The number of aliphatic hydroxyl groups is 2. The zero-order valence-electron chi connectivity index (χ0n) is 21.7. The van der Waals surface area contributed by atoms with E-state index in [9.17, 15) is 19.8 Å². The average Bonchev–Trinajstić information content (AvgIpc) is 3.62. The molecule has 4 unspecified atom stereocenters. The molecule has 0 spiro atoms. The van der Waals surface area contributed by atoms with Gasteiger partial charge in [-0.3, -0.25) is 9.59 Å². The molecule has 0 aromatic heterocycles. The van der Waals surface area contributed by atoms with Crippen LogP contribution in [-0.2, 0) is 16.0 Å². The molecule has 0 saturated heterocycles. The molecule has 4 atom stereocenters. The second-order valence-corrected chi connectivity index (χ2v) is 10.3. The van der Waals surface area contributed by atoms with E-state index < -0.39 is 24.2 Å². The van der Waals surface area contributed by atoms with Gasteiger partial charge in [0.2, 0.25) is 11.8 Å². The van der Waals surface area contributed by atoms with Crippen molar-refractivity contribution in [3.05, 3.63) is 71.3 Å². The Morgan fingerprint density at radius 2 is 1.92 bits per heavy atom. The Kier molecular flexibility index (Phi) is 8.00. The van der Waals surface area contributed by atoms with Gasteiger partial charge in [0, 0.05) is 30.1 Å². The summed E-state index contributed by atoms with van der Waals surface area (Å²) in [6.45, 7) is 0.319. The van der Waals surface area contributed by atoms with Gasteiger partial charge in [-0.2, -0.15) is 0 Å². The van der Waals surface area contributed by atoms with Crippen molar-refractivity contribution in [3.8, 4) is 11.5 Å². The zero-order chi connectivity index (χ0) is 26.6. The normalized spacial score (nSPS) is 24.1. The summed E-state index contributed by atoms with van der Waals surface area (Å²) >= 11 is 0. The lowest BCUT2D eigenvalue weighted by Crippen LogP contribution is -2.57. The molecule has 1 aliphatic heterocycles. The topological polar surface area (TPSA) is 108 Å². The van der Waals surface area contributed by atoms with Crippen LogP contribution >= 0.6 is 0 Å². The van der Waals surface area contributed by atoms with Crippen LogP contribution in [0.3, 0.4) is 0 Å². The predicted molar refractivity (Wildman–Crippen MR) is 142 cm³/mol. The Morgan fingerprint density at radius 3 is 2.68 bits per heavy atom. The molecule has 1 heterocycles. The lowest BCUT2D eigenvalue weighted by Gasteiger charge is -2.41. The summed E-state index contributed by atoms with van der Waals surface area (Å²) < 4.78 is 11.6. The summed E-state index contributed by atoms with van der Waals surface area (Å²) in [5, 5.41) is 23.7. The van der Waals surface area contributed by atoms with Gasteiger partial charge < -0.3 is 29.9 Å². The van der Waals surface area contributed by atoms with Gasteiger partial charge in [-0.05, 0) is 49.1 Å². The molecule has 1 saturated carbocycles. The highest BCUT2D eigenvalue weighted by atomic mass is 16.5. The summed E-state index contributed by atoms with van der Waals surface area (Å²) in [6.07, 6.45) is 4.31. The number of methoxy groups -OCH3 is 1. The van der Waals surface area contributed by atoms with Crippen LogP contribution in [0.4, 0.5) is 0 Å². The number of aliphatic hydroxyl groups excluding tert-OH is 2. The van der Waals surface area contributed by atoms with Crippen LogP contribution in [0.15, 0.2) is 60.2 Å². The van der Waals surface area contributed by atoms with E-state index in [2.05, 4.69) is 5.32 Å². The fraction of sp³-hybridized carbons (Fsp3) is 0.467. The van der Waals surface area contributed by atoms with Gasteiger partial charge in [-0.25, -0.2) is 0 Å². The van der Waals surface area contributed by atoms with Crippen LogP contribution in [0.25, 0.3) is 0 Å². The Balaban J connectivity index is 1.50. The molecule has 5 rings (SSSR count). The molecule has 2 aromatic rings. The second-order valence-electron chi connectivity index (χ2n) is 10.3. The number of ether oxygens (including phenoxy) is 2. The number of amides is 2. The van der Waals surface area contributed by atoms with Crippen molar-refractivity contribution in [3.63, 3.8) is 0 Å². The fourth-order valence-electron chi connectivity index (χ4n) is 6.08. The molecule has 1 fully saturated rings. The number of hydrogen-bond donors (Lipinski definition) is 3. The third kappa shape index (κ3) is 5.15. The van der Waals surface area contributed by atoms with Crippen molar-refractivity contribution in [2.45, 2.75) is 56.3 Å². The molecule has 2 aliphatic carbocycles. The maximum absolute atomic E-state index is 13.9. The zero-order valence-corrected chi connectivity index (χ0v) is 21.7. The highest BCUT2D eigenvalue weighted by molar-refractivity contribution is 5.96. The lowest BCUT2D eigenvalue weighted by molar-refractivity contribution is -0.141. The SMILES string of the molecule is COc1cccc(CCN(C(=O)C2CCCC2)C2C=C(C(=O)NCCO)C3c4ccccc4OC3C2O)c1. The minimum absolute atomic E-state index is 0.00905. The first-order valence-corrected chi connectivity index (χ1v) is 13.5. The van der Waals surface area contributed by atoms with E-state index in [1.165, 1.54) is 0 Å². The van der Waals surface area contributed by atoms with E-state index in [0.29, 0.717) is 24.3 Å². The van der Waals surface area contributed by atoms with Crippen molar-refractivity contribution in [2.75, 3.05) is 26.8 Å². The van der Waals surface area contributed by atoms with Crippen molar-refractivity contribution in [1.82, 2.24) is 10.2 Å². The summed E-state index contributed by atoms with van der Waals surface area (Å²) in [5.41, 5.74) is 2.31. The first-order valence-electron chi connectivity index (χ1n) is 13.5. The molecule has 8 heteroatoms. The van der Waals surface area contributed by atoms with E-state index >= 15 is 0 Å². The lowest BCUT2D eigenvalue weighted by atomic mass is 9.77. The van der Waals surface area contributed by atoms with Crippen LogP contribution in [0.1, 0.15) is 42.7 Å². The largest absolute Gasteiger partial charge is 0.497 e. The quantitative estimate of drug-likeness (QED) is 0.469. The van der Waals surface area contributed by atoms with E-state index in [4.69, 9.17) is 9.47 Å². The molecule has 3 N–H and O–H groups in total. The number of carbonyl (C=O) groups is 2. The molecule has 2 amide bonds. The van der Waals surface area contributed by atoms with Crippen molar-refractivity contribution in [1.29, 1.82) is 0 Å². The van der Waals surface area contributed by atoms with Gasteiger partial charge in [0.25, 0.3) is 0 Å². The monoisotopic (exact) mass is 520 g/mol. The number of rotatable bonds is 9. The number of benzene rings is 2. The van der Waals surface area contributed by atoms with Crippen LogP contribution < -0.4 is 14.8 Å². The maximum atomic E-state index is 13.9. The van der Waals surface area contributed by atoms with E-state index in [1.807, 2.05) is 48.5 Å². The minimum Gasteiger partial charge on any atom is -0.497 e. The fourth-order valence-corrected chi connectivity index (χ4v) is 6.08. The molecular weight excluding hydrogens is 484 g/mol. The molecule has 2 aromatic carbocycles. The van der Waals surface area contributed by atoms with Gasteiger partial charge in [-0.1, -0.05) is 43.2 Å². The minimum atomic E-state index is -1.02. The van der Waals surface area contributed by atoms with Crippen molar-refractivity contribution in [2.24, 2.45) is 5.92 Å². The smallest absolute Gasteiger partial charge is 0.247 e. The first kappa shape index (κ1) is 26.3. The van der Waals surface area contributed by atoms with E-state index in [0.717, 1.165) is 42.6 Å². The van der Waals surface area contributed by atoms with E-state index in [-0.39, 0.29) is 30.9 Å². The standard InChI is InChI=1S/C30H36N2O6/c1-37-21-10-6-7-19(17-21)13-15-32(30(36)20-8-2-3-9-20)24-18-23(29(35)31-14-16-33)26-22-11-4-5-12-25(22)38-28(26)27(24)34/h4-7,10-12,17-18,20,24,26-28,33-34H,2-3,8-9,13-16H2,1H3,(H,31,35). The highest BCUT2D eigenvalue weighted by Crippen LogP contribution is 2.47. The molecule has 38 heavy (non-hydrogen) atoms. The number of para-hydroxylation sites is 1. The van der Waals surface area contributed by atoms with E-state index in [1.54, 1.807) is 18.1 Å². The number of carbonyl (C=O) groups excluding carboxylic acids is 2. The summed E-state index contributed by atoms with van der Waals surface area (Å²) in [7, 11) is 1.62. The molecule has 0 bridgehead atoms. The van der Waals surface area contributed by atoms with Gasteiger partial charge in [0.1, 0.15) is 23.7 Å². The Labute approximate surface area is 223 Å².